The minimum absolute atomic E-state index is 0.724. The van der Waals surface area contributed by atoms with Gasteiger partial charge in [0, 0.05) is 31.6 Å². The molecule has 1 aromatic heterocycles. The fraction of sp³-hybridized carbons (Fsp3) is 0.600. The van der Waals surface area contributed by atoms with E-state index in [2.05, 4.69) is 56.6 Å². The lowest BCUT2D eigenvalue weighted by Gasteiger charge is -2.23. The van der Waals surface area contributed by atoms with Crippen LogP contribution in [-0.4, -0.2) is 47.6 Å². The average Bonchev–Trinajstić information content (AvgIpc) is 2.74. The highest BCUT2D eigenvalue weighted by Gasteiger charge is 2.18. The minimum Gasteiger partial charge on any atom is -0.339 e. The second-order valence-electron chi connectivity index (χ2n) is 7.60. The Morgan fingerprint density at radius 1 is 0.958 bits per heavy atom. The summed E-state index contributed by atoms with van der Waals surface area (Å²) in [5, 5.41) is 1.18. The highest BCUT2D eigenvalue weighted by atomic mass is 15.3. The lowest BCUT2D eigenvalue weighted by atomic mass is 10.1. The zero-order chi connectivity index (χ0) is 17.3. The van der Waals surface area contributed by atoms with E-state index in [0.29, 0.717) is 0 Å². The van der Waals surface area contributed by atoms with Crippen LogP contribution in [0.2, 0.25) is 0 Å². The normalized spacial score (nSPS) is 16.8. The lowest BCUT2D eigenvalue weighted by Crippen LogP contribution is -2.33. The van der Waals surface area contributed by atoms with Gasteiger partial charge in [-0.25, -0.2) is 9.97 Å². The Morgan fingerprint density at radius 2 is 1.71 bits per heavy atom. The number of hydrogen-bond donors (Lipinski definition) is 0. The van der Waals surface area contributed by atoms with Crippen LogP contribution in [0.4, 0.5) is 5.95 Å². The standard InChI is InChI=1S/C20H30N4/c1-14(2)13-23-7-6-8-24(10-9-23)20-21-17(5)18-11-15(3)16(4)12-19(18)22-20/h11-12,14H,6-10,13H2,1-5H3. The van der Waals surface area contributed by atoms with Crippen molar-refractivity contribution in [1.29, 1.82) is 0 Å². The van der Waals surface area contributed by atoms with Crippen molar-refractivity contribution < 1.29 is 0 Å². The molecule has 0 radical (unpaired) electrons. The van der Waals surface area contributed by atoms with Gasteiger partial charge in [-0.05, 0) is 62.9 Å². The number of hydrogen-bond acceptors (Lipinski definition) is 4. The molecule has 1 saturated heterocycles. The molecule has 0 saturated carbocycles. The molecule has 1 aliphatic heterocycles. The summed E-state index contributed by atoms with van der Waals surface area (Å²) in [5.41, 5.74) is 4.76. The van der Waals surface area contributed by atoms with Crippen LogP contribution in [-0.2, 0) is 0 Å². The number of fused-ring (bicyclic) bond motifs is 1. The Kier molecular flexibility index (Phi) is 5.04. The van der Waals surface area contributed by atoms with Gasteiger partial charge >= 0.3 is 0 Å². The molecule has 0 unspecified atom stereocenters. The van der Waals surface area contributed by atoms with Crippen LogP contribution in [0.25, 0.3) is 10.9 Å². The quantitative estimate of drug-likeness (QED) is 0.860. The molecular formula is C20H30N4. The van der Waals surface area contributed by atoms with Gasteiger partial charge in [0.05, 0.1) is 11.2 Å². The fourth-order valence-corrected chi connectivity index (χ4v) is 3.54. The average molecular weight is 326 g/mol. The summed E-state index contributed by atoms with van der Waals surface area (Å²) in [7, 11) is 0. The molecule has 1 aromatic carbocycles. The zero-order valence-corrected chi connectivity index (χ0v) is 15.8. The summed E-state index contributed by atoms with van der Waals surface area (Å²) in [4.78, 5) is 14.6. The van der Waals surface area contributed by atoms with Gasteiger partial charge in [-0.2, -0.15) is 0 Å². The van der Waals surface area contributed by atoms with E-state index in [1.54, 1.807) is 0 Å². The number of rotatable bonds is 3. The van der Waals surface area contributed by atoms with Crippen molar-refractivity contribution in [2.75, 3.05) is 37.6 Å². The van der Waals surface area contributed by atoms with E-state index in [-0.39, 0.29) is 0 Å². The van der Waals surface area contributed by atoms with Crippen molar-refractivity contribution in [3.63, 3.8) is 0 Å². The Labute approximate surface area is 145 Å². The van der Waals surface area contributed by atoms with Gasteiger partial charge in [-0.3, -0.25) is 0 Å². The van der Waals surface area contributed by atoms with E-state index < -0.39 is 0 Å². The Morgan fingerprint density at radius 3 is 2.46 bits per heavy atom. The first-order valence-corrected chi connectivity index (χ1v) is 9.17. The third-order valence-electron chi connectivity index (χ3n) is 4.98. The molecule has 0 amide bonds. The highest BCUT2D eigenvalue weighted by Crippen LogP contribution is 2.23. The fourth-order valence-electron chi connectivity index (χ4n) is 3.54. The first-order valence-electron chi connectivity index (χ1n) is 9.17. The van der Waals surface area contributed by atoms with Crippen molar-refractivity contribution in [2.45, 2.75) is 41.0 Å². The molecule has 0 bridgehead atoms. The van der Waals surface area contributed by atoms with Crippen LogP contribution >= 0.6 is 0 Å². The maximum atomic E-state index is 4.89. The molecule has 2 heterocycles. The summed E-state index contributed by atoms with van der Waals surface area (Å²) in [6.07, 6.45) is 1.18. The molecule has 4 heteroatoms. The Bertz CT molecular complexity index is 723. The van der Waals surface area contributed by atoms with Crippen molar-refractivity contribution in [2.24, 2.45) is 5.92 Å². The van der Waals surface area contributed by atoms with E-state index >= 15 is 0 Å². The predicted molar refractivity (Wildman–Crippen MR) is 102 cm³/mol. The summed E-state index contributed by atoms with van der Waals surface area (Å²) in [6.45, 7) is 16.5. The van der Waals surface area contributed by atoms with E-state index in [1.807, 2.05) is 0 Å². The van der Waals surface area contributed by atoms with Crippen LogP contribution in [0.1, 0.15) is 37.1 Å². The second kappa shape index (κ2) is 7.06. The molecule has 0 aliphatic carbocycles. The molecule has 130 valence electrons. The maximum absolute atomic E-state index is 4.89. The number of nitrogens with zero attached hydrogens (tertiary/aromatic N) is 4. The van der Waals surface area contributed by atoms with Crippen LogP contribution in [0.3, 0.4) is 0 Å². The topological polar surface area (TPSA) is 32.3 Å². The number of anilines is 1. The molecule has 0 N–H and O–H groups in total. The zero-order valence-electron chi connectivity index (χ0n) is 15.8. The van der Waals surface area contributed by atoms with Crippen molar-refractivity contribution in [3.05, 3.63) is 29.0 Å². The van der Waals surface area contributed by atoms with E-state index in [9.17, 15) is 0 Å². The van der Waals surface area contributed by atoms with Gasteiger partial charge in [0.25, 0.3) is 0 Å². The molecule has 24 heavy (non-hydrogen) atoms. The van der Waals surface area contributed by atoms with E-state index in [0.717, 1.165) is 42.7 Å². The third kappa shape index (κ3) is 3.69. The molecule has 1 aliphatic rings. The maximum Gasteiger partial charge on any atom is 0.226 e. The predicted octanol–water partition coefficient (Wildman–Crippen LogP) is 3.72. The van der Waals surface area contributed by atoms with E-state index in [4.69, 9.17) is 9.97 Å². The largest absolute Gasteiger partial charge is 0.339 e. The summed E-state index contributed by atoms with van der Waals surface area (Å²) in [6, 6.07) is 4.42. The molecule has 1 fully saturated rings. The summed E-state index contributed by atoms with van der Waals surface area (Å²) < 4.78 is 0. The Hall–Kier alpha value is -1.68. The molecule has 0 spiro atoms. The van der Waals surface area contributed by atoms with Gasteiger partial charge in [-0.15, -0.1) is 0 Å². The van der Waals surface area contributed by atoms with Crippen LogP contribution < -0.4 is 4.90 Å². The first-order chi connectivity index (χ1) is 11.4. The first kappa shape index (κ1) is 17.2. The SMILES string of the molecule is Cc1cc2nc(N3CCCN(CC(C)C)CC3)nc(C)c2cc1C. The monoisotopic (exact) mass is 326 g/mol. The van der Waals surface area contributed by atoms with Gasteiger partial charge in [-0.1, -0.05) is 13.8 Å². The van der Waals surface area contributed by atoms with Gasteiger partial charge < -0.3 is 9.80 Å². The second-order valence-corrected chi connectivity index (χ2v) is 7.60. The minimum atomic E-state index is 0.724. The highest BCUT2D eigenvalue weighted by molar-refractivity contribution is 5.83. The van der Waals surface area contributed by atoms with Crippen LogP contribution in [0.5, 0.6) is 0 Å². The summed E-state index contributed by atoms with van der Waals surface area (Å²) >= 11 is 0. The number of aryl methyl sites for hydroxylation is 3. The number of benzene rings is 1. The van der Waals surface area contributed by atoms with Gasteiger partial charge in [0.15, 0.2) is 0 Å². The van der Waals surface area contributed by atoms with Crippen LogP contribution in [0, 0.1) is 26.7 Å². The molecule has 2 aromatic rings. The third-order valence-corrected chi connectivity index (χ3v) is 4.98. The molecule has 3 rings (SSSR count). The number of aromatic nitrogens is 2. The molecular weight excluding hydrogens is 296 g/mol. The van der Waals surface area contributed by atoms with Crippen molar-refractivity contribution >= 4 is 16.9 Å². The van der Waals surface area contributed by atoms with Gasteiger partial charge in [0.1, 0.15) is 0 Å². The Balaban J connectivity index is 1.85. The van der Waals surface area contributed by atoms with Crippen LogP contribution in [0.15, 0.2) is 12.1 Å². The summed E-state index contributed by atoms with van der Waals surface area (Å²) in [5.74, 6) is 1.62. The van der Waals surface area contributed by atoms with Crippen molar-refractivity contribution in [3.8, 4) is 0 Å². The lowest BCUT2D eigenvalue weighted by molar-refractivity contribution is 0.261. The van der Waals surface area contributed by atoms with E-state index in [1.165, 1.54) is 36.0 Å². The van der Waals surface area contributed by atoms with Crippen molar-refractivity contribution in [1.82, 2.24) is 14.9 Å². The molecule has 0 atom stereocenters. The van der Waals surface area contributed by atoms with Gasteiger partial charge in [0.2, 0.25) is 5.95 Å². The molecule has 4 nitrogen and oxygen atoms in total. The smallest absolute Gasteiger partial charge is 0.226 e.